The minimum atomic E-state index is -2.12. The molecule has 188 valence electrons. The van der Waals surface area contributed by atoms with Crippen LogP contribution in [0.2, 0.25) is 0 Å². The minimum Gasteiger partial charge on any atom is -0.367 e. The molecule has 2 N–H and O–H groups in total. The molecule has 0 amide bonds. The maximum absolute atomic E-state index is 10.8. The second-order valence-electron chi connectivity index (χ2n) is 8.02. The zero-order valence-corrected chi connectivity index (χ0v) is 21.5. The van der Waals surface area contributed by atoms with Gasteiger partial charge >= 0.3 is 0 Å². The van der Waals surface area contributed by atoms with Gasteiger partial charge in [-0.15, -0.1) is 5.10 Å². The molecule has 3 aromatic rings. The summed E-state index contributed by atoms with van der Waals surface area (Å²) in [6.07, 6.45) is 12.3. The van der Waals surface area contributed by atoms with E-state index in [-0.39, 0.29) is 12.4 Å². The molecule has 3 aromatic heterocycles. The first kappa shape index (κ1) is 29.1. The highest BCUT2D eigenvalue weighted by Gasteiger charge is 2.09. The summed E-state index contributed by atoms with van der Waals surface area (Å²) in [4.78, 5) is 12.9. The van der Waals surface area contributed by atoms with Crippen LogP contribution in [-0.2, 0) is 0 Å². The average Bonchev–Trinajstić information content (AvgIpc) is 3.26. The lowest BCUT2D eigenvalue weighted by atomic mass is 10.0. The number of aliphatic imine (C=N–C) groups is 1. The molecule has 8 heteroatoms. The van der Waals surface area contributed by atoms with E-state index in [4.69, 9.17) is 5.73 Å². The molecule has 3 heterocycles. The number of nitrogen functional groups attached to an aromatic ring is 1. The van der Waals surface area contributed by atoms with E-state index in [1.54, 1.807) is 10.7 Å². The molecule has 34 heavy (non-hydrogen) atoms. The van der Waals surface area contributed by atoms with Gasteiger partial charge in [-0.1, -0.05) is 59.3 Å². The van der Waals surface area contributed by atoms with E-state index in [9.17, 15) is 8.78 Å². The van der Waals surface area contributed by atoms with Gasteiger partial charge in [-0.25, -0.2) is 28.3 Å². The van der Waals surface area contributed by atoms with Crippen LogP contribution in [0, 0.1) is 6.92 Å². The van der Waals surface area contributed by atoms with Gasteiger partial charge in [-0.2, -0.15) is 0 Å². The Hall–Kier alpha value is -2.90. The van der Waals surface area contributed by atoms with Gasteiger partial charge in [-0.05, 0) is 38.5 Å². The number of hydrogen-bond acceptors (Lipinski definition) is 5. The fourth-order valence-corrected chi connectivity index (χ4v) is 3.26. The van der Waals surface area contributed by atoms with Gasteiger partial charge < -0.3 is 5.73 Å². The highest BCUT2D eigenvalue weighted by molar-refractivity contribution is 5.83. The summed E-state index contributed by atoms with van der Waals surface area (Å²) in [6.45, 7) is 11.4. The largest absolute Gasteiger partial charge is 0.367 e. The summed E-state index contributed by atoms with van der Waals surface area (Å²) in [7, 11) is 0. The first-order valence-electron chi connectivity index (χ1n) is 12.2. The lowest BCUT2D eigenvalue weighted by Gasteiger charge is -2.05. The van der Waals surface area contributed by atoms with Crippen molar-refractivity contribution in [2.24, 2.45) is 4.99 Å². The Morgan fingerprint density at radius 2 is 1.62 bits per heavy atom. The smallest absolute Gasteiger partial charge is 0.238 e. The Kier molecular flexibility index (Phi) is 13.6. The first-order valence-corrected chi connectivity index (χ1v) is 12.2. The standard InChI is InChI=1S/C15H16N6.C6H12.C3H6F2.C2H6/c1-9(2)19-14-10(3)6-11(7-17-14)12-4-5-21-13(12)8-18-15(16)20-21;1-2-4-6-5-3-1;1-2-3(4)5;1-2/h4-8H,1-3H3,(H2,16,20);1-6H2;3H,2H2,1H3;1-2H3. The highest BCUT2D eigenvalue weighted by Crippen LogP contribution is 2.28. The van der Waals surface area contributed by atoms with Crippen LogP contribution in [0.15, 0.2) is 35.7 Å². The van der Waals surface area contributed by atoms with Crippen molar-refractivity contribution in [3.05, 3.63) is 36.3 Å². The van der Waals surface area contributed by atoms with Gasteiger partial charge in [0.1, 0.15) is 0 Å². The summed E-state index contributed by atoms with van der Waals surface area (Å²) in [5.41, 5.74) is 10.5. The van der Waals surface area contributed by atoms with Crippen LogP contribution >= 0.6 is 0 Å². The molecule has 0 unspecified atom stereocenters. The van der Waals surface area contributed by atoms with Crippen molar-refractivity contribution < 1.29 is 8.78 Å². The predicted octanol–water partition coefficient (Wildman–Crippen LogP) is 7.82. The SMILES string of the molecule is C1CCCCC1.CC.CC(C)=Nc1ncc(-c2ccn3nc(N)ncc23)cc1C.CCC(F)F. The van der Waals surface area contributed by atoms with E-state index in [1.807, 2.05) is 53.1 Å². The van der Waals surface area contributed by atoms with Crippen LogP contribution in [0.3, 0.4) is 0 Å². The molecule has 0 aliphatic heterocycles. The quantitative estimate of drug-likeness (QED) is 0.392. The van der Waals surface area contributed by atoms with Crippen LogP contribution in [0.4, 0.5) is 20.5 Å². The number of alkyl halides is 2. The number of aromatic nitrogens is 4. The second-order valence-corrected chi connectivity index (χ2v) is 8.02. The average molecular weight is 475 g/mol. The van der Waals surface area contributed by atoms with Crippen molar-refractivity contribution in [3.8, 4) is 11.1 Å². The van der Waals surface area contributed by atoms with Crippen LogP contribution < -0.4 is 5.73 Å². The van der Waals surface area contributed by atoms with Crippen molar-refractivity contribution in [1.29, 1.82) is 0 Å². The van der Waals surface area contributed by atoms with Crippen LogP contribution in [-0.4, -0.2) is 31.7 Å². The van der Waals surface area contributed by atoms with Crippen molar-refractivity contribution in [2.75, 3.05) is 5.73 Å². The van der Waals surface area contributed by atoms with E-state index in [0.717, 1.165) is 33.7 Å². The number of rotatable bonds is 3. The number of aryl methyl sites for hydroxylation is 1. The molecule has 1 aliphatic carbocycles. The van der Waals surface area contributed by atoms with E-state index >= 15 is 0 Å². The van der Waals surface area contributed by atoms with Gasteiger partial charge in [0.05, 0.1) is 11.7 Å². The van der Waals surface area contributed by atoms with Crippen molar-refractivity contribution in [2.45, 2.75) is 92.9 Å². The summed E-state index contributed by atoms with van der Waals surface area (Å²) < 4.78 is 23.2. The molecule has 1 aliphatic rings. The van der Waals surface area contributed by atoms with E-state index in [0.29, 0.717) is 0 Å². The zero-order valence-electron chi connectivity index (χ0n) is 21.5. The van der Waals surface area contributed by atoms with Crippen molar-refractivity contribution in [1.82, 2.24) is 19.6 Å². The Morgan fingerprint density at radius 3 is 2.09 bits per heavy atom. The third-order valence-corrected chi connectivity index (χ3v) is 4.93. The van der Waals surface area contributed by atoms with Crippen LogP contribution in [0.25, 0.3) is 16.6 Å². The van der Waals surface area contributed by atoms with Gasteiger partial charge in [0.2, 0.25) is 12.4 Å². The summed E-state index contributed by atoms with van der Waals surface area (Å²) in [6, 6.07) is 4.05. The zero-order chi connectivity index (χ0) is 25.5. The number of halogens is 2. The number of pyridine rings is 1. The molecule has 0 aromatic carbocycles. The Morgan fingerprint density at radius 1 is 1.06 bits per heavy atom. The molecule has 6 nitrogen and oxygen atoms in total. The molecule has 4 rings (SSSR count). The monoisotopic (exact) mass is 474 g/mol. The number of fused-ring (bicyclic) bond motifs is 1. The summed E-state index contributed by atoms with van der Waals surface area (Å²) >= 11 is 0. The molecular formula is C26H40F2N6. The molecule has 0 spiro atoms. The summed E-state index contributed by atoms with van der Waals surface area (Å²) in [5, 5.41) is 4.14. The maximum atomic E-state index is 10.8. The molecule has 0 atom stereocenters. The van der Waals surface area contributed by atoms with Gasteiger partial charge in [0.15, 0.2) is 5.82 Å². The van der Waals surface area contributed by atoms with E-state index in [2.05, 4.69) is 26.1 Å². The van der Waals surface area contributed by atoms with Crippen LogP contribution in [0.1, 0.15) is 85.1 Å². The fraction of sp³-hybridized carbons (Fsp3) is 0.538. The highest BCUT2D eigenvalue weighted by atomic mass is 19.3. The third-order valence-electron chi connectivity index (χ3n) is 4.93. The molecule has 1 saturated carbocycles. The minimum absolute atomic E-state index is 0.0278. The van der Waals surface area contributed by atoms with E-state index < -0.39 is 6.43 Å². The molecule has 1 fully saturated rings. The second kappa shape index (κ2) is 15.9. The van der Waals surface area contributed by atoms with Gasteiger partial charge in [-0.3, -0.25) is 0 Å². The first-order chi connectivity index (χ1) is 16.3. The number of anilines is 1. The molecule has 0 radical (unpaired) electrons. The normalized spacial score (nSPS) is 12.5. The lowest BCUT2D eigenvalue weighted by molar-refractivity contribution is 0.144. The van der Waals surface area contributed by atoms with Crippen molar-refractivity contribution in [3.63, 3.8) is 0 Å². The molecule has 0 bridgehead atoms. The third kappa shape index (κ3) is 9.93. The fourth-order valence-electron chi connectivity index (χ4n) is 3.26. The Balaban J connectivity index is 0.000000366. The van der Waals surface area contributed by atoms with Gasteiger partial charge in [0, 0.05) is 35.7 Å². The maximum Gasteiger partial charge on any atom is 0.238 e. The topological polar surface area (TPSA) is 81.5 Å². The molecule has 0 saturated heterocycles. The molecular weight excluding hydrogens is 434 g/mol. The Bertz CT molecular complexity index is 994. The number of nitrogens with zero attached hydrogens (tertiary/aromatic N) is 5. The van der Waals surface area contributed by atoms with Gasteiger partial charge in [0.25, 0.3) is 0 Å². The van der Waals surface area contributed by atoms with Crippen molar-refractivity contribution >= 4 is 23.0 Å². The number of hydrogen-bond donors (Lipinski definition) is 1. The number of nitrogens with two attached hydrogens (primary N) is 1. The van der Waals surface area contributed by atoms with Crippen LogP contribution in [0.5, 0.6) is 0 Å². The Labute approximate surface area is 202 Å². The predicted molar refractivity (Wildman–Crippen MR) is 139 cm³/mol. The van der Waals surface area contributed by atoms with E-state index in [1.165, 1.54) is 45.4 Å². The lowest BCUT2D eigenvalue weighted by Crippen LogP contribution is -1.99. The summed E-state index contributed by atoms with van der Waals surface area (Å²) in [5.74, 6) is 1.00.